The predicted octanol–water partition coefficient (Wildman–Crippen LogP) is 8.84. The minimum Gasteiger partial charge on any atom is -0.545 e. The Balaban J connectivity index is -0.000000508. The maximum absolute atomic E-state index is 13.5. The summed E-state index contributed by atoms with van der Waals surface area (Å²) in [5, 5.41) is 18.3. The fraction of sp³-hybridized carbons (Fsp3) is 0.301. The first-order valence-corrected chi connectivity index (χ1v) is 30.7. The van der Waals surface area contributed by atoms with Crippen LogP contribution in [0.1, 0.15) is 117 Å². The Morgan fingerprint density at radius 2 is 0.950 bits per heavy atom. The van der Waals surface area contributed by atoms with Crippen molar-refractivity contribution in [1.82, 2.24) is 34.6 Å². The van der Waals surface area contributed by atoms with Gasteiger partial charge in [0.05, 0.1) is 36.1 Å². The zero-order valence-electron chi connectivity index (χ0n) is 56.3. The largest absolute Gasteiger partial charge is 4.00 e. The van der Waals surface area contributed by atoms with Crippen LogP contribution in [0.25, 0.3) is 21.8 Å². The van der Waals surface area contributed by atoms with Crippen molar-refractivity contribution in [2.45, 2.75) is 105 Å². The van der Waals surface area contributed by atoms with Crippen LogP contribution in [-0.4, -0.2) is 141 Å². The van der Waals surface area contributed by atoms with Crippen molar-refractivity contribution in [2.75, 3.05) is 39.5 Å². The number of pyridine rings is 1. The van der Waals surface area contributed by atoms with E-state index < -0.39 is 5.97 Å². The molecule has 0 aliphatic carbocycles. The molecule has 0 saturated carbocycles. The zero-order chi connectivity index (χ0) is 72.0. The SMILES string of the molecule is Cc1ccc2c(c1)c(CC(=O)NCCCCCCN(CC(=O)O)Cc1ccccn1)c(C)n2C(=O)c1ccc(Cl)cc1.Cc1ccc2c(c1)c(CC(=O)NCCCCCCN(COC=O)Cc1ccccc1)c(C)n2C(=O)c1ccc(Cl)cc1.O.O.O.[99Tc].[C-]#[O+].[C-]#[O+].[C-]#[O+].[CH-]=O.[CH-]=O.[CH-]=O.[Tc+4]. The van der Waals surface area contributed by atoms with E-state index in [2.05, 4.69) is 73.0 Å². The molecule has 540 valence electrons. The summed E-state index contributed by atoms with van der Waals surface area (Å²) in [6, 6.07) is 41.3. The molecule has 0 unspecified atom stereocenters. The summed E-state index contributed by atoms with van der Waals surface area (Å²) in [6.45, 7) is 35.7. The van der Waals surface area contributed by atoms with Crippen LogP contribution in [-0.2, 0) is 118 Å². The molecule has 0 atom stereocenters. The number of hydrogen-bond acceptors (Lipinski definition) is 13. The summed E-state index contributed by atoms with van der Waals surface area (Å²) in [7, 11) is 0. The van der Waals surface area contributed by atoms with Gasteiger partial charge in [0, 0.05) is 102 Å². The van der Waals surface area contributed by atoms with Gasteiger partial charge < -0.3 is 51.3 Å². The van der Waals surface area contributed by atoms with E-state index in [9.17, 15) is 33.9 Å². The number of ether oxygens (including phenoxy) is 1. The first-order valence-electron chi connectivity index (χ1n) is 29.9. The Bertz CT molecular complexity index is 3730. The van der Waals surface area contributed by atoms with Gasteiger partial charge in [0.1, 0.15) is 6.73 Å². The minimum atomic E-state index is -0.850. The second-order valence-corrected chi connectivity index (χ2v) is 22.1. The number of aromatic nitrogens is 3. The number of halogens is 2. The van der Waals surface area contributed by atoms with Crippen LogP contribution in [0.2, 0.25) is 10.0 Å². The monoisotopic (exact) mass is 1600 g/mol. The van der Waals surface area contributed by atoms with E-state index in [1.54, 1.807) is 63.9 Å². The van der Waals surface area contributed by atoms with Crippen molar-refractivity contribution in [3.63, 3.8) is 0 Å². The standard InChI is InChI=1S/C34H38ClN3O4.C33H37ClN4O4.3CHO.3CO.3H2O.2Tc/c1-25-12-17-32-31(20-25)30(26(2)38(32)34(41)28-13-15-29(35)16-14-28)21-33(40)36-18-8-3-4-9-19-37(23-42-24-39)22-27-10-6-5-7-11-27;1-23-10-15-30-29(19-23)28(24(2)38(30)33(42)25-11-13-26(34)14-12-25)20-31(39)36-17-6-3-4-8-18-37(22-32(40)41)21-27-9-5-7-16-35-27;6*1-2;;;;;/h5-7,10-17,20,24H,3-4,8-9,18-19,21-23H2,1-2H3,(H,36,40);5,7,9-16,19H,3-4,6,8,17-18,20-22H2,1-2H3,(H,36,39)(H,40,41);3*1H;;;;3*1H2;;/q;;3*-1;;;;;;;;+4/i;;;;;;;;;;;1+1;. The van der Waals surface area contributed by atoms with E-state index in [0.29, 0.717) is 53.8 Å². The first-order chi connectivity index (χ1) is 46.6. The van der Waals surface area contributed by atoms with E-state index in [1.165, 1.54) is 5.56 Å². The number of aryl methyl sites for hydroxylation is 2. The van der Waals surface area contributed by atoms with Gasteiger partial charge in [-0.15, -0.1) is 0 Å². The Morgan fingerprint density at radius 1 is 0.554 bits per heavy atom. The molecule has 8 aromatic rings. The molecule has 9 N–H and O–H groups in total. The van der Waals surface area contributed by atoms with Crippen molar-refractivity contribution >= 4 is 101 Å². The summed E-state index contributed by atoms with van der Waals surface area (Å²) < 4.78 is 30.9. The summed E-state index contributed by atoms with van der Waals surface area (Å²) in [6.07, 6.45) is 9.53. The Morgan fingerprint density at radius 3 is 1.34 bits per heavy atom. The number of unbranched alkanes of at least 4 members (excludes halogenated alkanes) is 6. The zero-order valence-corrected chi connectivity index (χ0v) is 61.5. The van der Waals surface area contributed by atoms with Crippen molar-refractivity contribution in [3.05, 3.63) is 226 Å². The summed E-state index contributed by atoms with van der Waals surface area (Å²) in [5.41, 5.74) is 10.0. The molecule has 101 heavy (non-hydrogen) atoms. The van der Waals surface area contributed by atoms with E-state index in [0.717, 1.165) is 126 Å². The fourth-order valence-corrected chi connectivity index (χ4v) is 10.7. The summed E-state index contributed by atoms with van der Waals surface area (Å²) in [5.74, 6) is -1.30. The third kappa shape index (κ3) is 34.6. The van der Waals surface area contributed by atoms with E-state index in [-0.39, 0.29) is 106 Å². The molecule has 3 heterocycles. The number of rotatable bonds is 29. The van der Waals surface area contributed by atoms with Crippen molar-refractivity contribution in [3.8, 4) is 0 Å². The number of amides is 2. The number of nitrogens with zero attached hydrogens (tertiary/aromatic N) is 5. The molecule has 0 aliphatic rings. The molecule has 0 saturated heterocycles. The molecule has 8 rings (SSSR count). The topological polar surface area (TPSA) is 391 Å². The molecule has 28 heteroatoms. The average Bonchev–Trinajstić information content (AvgIpc) is 1.62. The number of fused-ring (bicyclic) bond motifs is 2. The van der Waals surface area contributed by atoms with Gasteiger partial charge in [0.25, 0.3) is 18.3 Å². The number of carbonyl (C=O) groups is 6. The Hall–Kier alpha value is -8.54. The number of carboxylic acid groups (broad SMARTS) is 1. The first kappa shape index (κ1) is 101. The van der Waals surface area contributed by atoms with Gasteiger partial charge in [0.2, 0.25) is 11.8 Å². The fourth-order valence-electron chi connectivity index (χ4n) is 10.4. The van der Waals surface area contributed by atoms with Crippen LogP contribution in [0, 0.1) is 47.6 Å². The van der Waals surface area contributed by atoms with Crippen LogP contribution in [0.15, 0.2) is 140 Å². The molecule has 0 aliphatic heterocycles. The normalized spacial score (nSPS) is 9.49. The number of nitrogens with one attached hydrogen (secondary N) is 2. The maximum atomic E-state index is 13.5. The second kappa shape index (κ2) is 59.2. The second-order valence-electron chi connectivity index (χ2n) is 21.2. The number of hydrogen-bond donors (Lipinski definition) is 3. The van der Waals surface area contributed by atoms with E-state index in [4.69, 9.17) is 56.3 Å². The van der Waals surface area contributed by atoms with Gasteiger partial charge in [0.15, 0.2) is 0 Å². The molecule has 3 aromatic heterocycles. The summed E-state index contributed by atoms with van der Waals surface area (Å²) in [4.78, 5) is 106. The Labute approximate surface area is 625 Å². The number of aliphatic carboxylic acids is 1. The summed E-state index contributed by atoms with van der Waals surface area (Å²) >= 11 is 12.0. The molecule has 2 amide bonds. The van der Waals surface area contributed by atoms with Gasteiger partial charge in [-0.05, 0) is 162 Å². The molecule has 0 spiro atoms. The minimum absolute atomic E-state index is 0. The molecular formula is C73H84Cl2N7O17Tc2+. The smallest absolute Gasteiger partial charge is 0.545 e. The quantitative estimate of drug-likeness (QED) is 0.0130. The van der Waals surface area contributed by atoms with Gasteiger partial charge in [-0.25, -0.2) is 0 Å². The average molecular weight is 1600 g/mol. The van der Waals surface area contributed by atoms with Gasteiger partial charge >= 0.3 is 60.0 Å². The molecule has 0 fully saturated rings. The number of carboxylic acids is 1. The van der Waals surface area contributed by atoms with Crippen LogP contribution in [0.4, 0.5) is 0 Å². The van der Waals surface area contributed by atoms with E-state index >= 15 is 0 Å². The third-order valence-corrected chi connectivity index (χ3v) is 15.2. The van der Waals surface area contributed by atoms with Crippen LogP contribution in [0.3, 0.4) is 0 Å². The molecule has 5 aromatic carbocycles. The maximum Gasteiger partial charge on any atom is 4.00 e. The van der Waals surface area contributed by atoms with Crippen LogP contribution < -0.4 is 10.6 Å². The van der Waals surface area contributed by atoms with Crippen LogP contribution in [0.5, 0.6) is 0 Å². The third-order valence-electron chi connectivity index (χ3n) is 14.7. The van der Waals surface area contributed by atoms with Crippen molar-refractivity contribution in [2.24, 2.45) is 0 Å². The molecule has 0 bridgehead atoms. The number of benzene rings is 5. The number of carbonyl (C=O) groups excluding carboxylic acids is 8. The van der Waals surface area contributed by atoms with Crippen molar-refractivity contribution in [1.29, 1.82) is 0 Å². The molecule has 24 nitrogen and oxygen atoms in total. The van der Waals surface area contributed by atoms with Gasteiger partial charge in [-0.3, -0.25) is 73.1 Å². The van der Waals surface area contributed by atoms with Gasteiger partial charge in [-0.2, -0.15) is 0 Å². The predicted molar refractivity (Wildman–Crippen MR) is 374 cm³/mol. The van der Waals surface area contributed by atoms with Crippen molar-refractivity contribution < 1.29 is 124 Å². The van der Waals surface area contributed by atoms with Gasteiger partial charge in [-0.1, -0.05) is 109 Å². The molecular weight excluding hydrogens is 1510 g/mol. The molecule has 2 radical (unpaired) electrons. The Kier molecular flexibility index (Phi) is 59.2. The van der Waals surface area contributed by atoms with E-state index in [1.807, 2.05) is 105 Å². The van der Waals surface area contributed by atoms with Crippen LogP contribution >= 0.6 is 23.2 Å².